The van der Waals surface area contributed by atoms with Crippen LogP contribution in [0.1, 0.15) is 78.1 Å². The number of nitriles is 1. The summed E-state index contributed by atoms with van der Waals surface area (Å²) in [5.41, 5.74) is 1.29. The molecule has 1 aliphatic carbocycles. The maximum atomic E-state index is 8.74. The first-order chi connectivity index (χ1) is 9.67. The molecule has 1 saturated heterocycles. The molecule has 2 heteroatoms. The molecule has 0 amide bonds. The first kappa shape index (κ1) is 15.8. The van der Waals surface area contributed by atoms with Crippen LogP contribution in [-0.2, 0) is 0 Å². The Hall–Kier alpha value is -0.550. The summed E-state index contributed by atoms with van der Waals surface area (Å²) < 4.78 is 0. The van der Waals surface area contributed by atoms with Gasteiger partial charge in [-0.05, 0) is 62.3 Å². The second-order valence-electron chi connectivity index (χ2n) is 7.43. The van der Waals surface area contributed by atoms with Crippen LogP contribution in [0.15, 0.2) is 0 Å². The van der Waals surface area contributed by atoms with Crippen molar-refractivity contribution in [2.45, 2.75) is 78.1 Å². The Labute approximate surface area is 125 Å². The quantitative estimate of drug-likeness (QED) is 0.700. The Morgan fingerprint density at radius 1 is 1.00 bits per heavy atom. The van der Waals surface area contributed by atoms with E-state index in [-0.39, 0.29) is 0 Å². The van der Waals surface area contributed by atoms with Gasteiger partial charge < -0.3 is 4.90 Å². The fourth-order valence-electron chi connectivity index (χ4n) is 4.83. The fraction of sp³-hybridized carbons (Fsp3) is 0.944. The van der Waals surface area contributed by atoms with Crippen LogP contribution in [0.5, 0.6) is 0 Å². The van der Waals surface area contributed by atoms with E-state index in [9.17, 15) is 0 Å². The summed E-state index contributed by atoms with van der Waals surface area (Å²) in [6, 6.07) is 2.29. The van der Waals surface area contributed by atoms with E-state index >= 15 is 0 Å². The molecular formula is C18H32N2. The molecule has 1 saturated carbocycles. The molecule has 2 aliphatic rings. The molecule has 1 aliphatic heterocycles. The molecule has 114 valence electrons. The van der Waals surface area contributed by atoms with Crippen LogP contribution in [0.2, 0.25) is 0 Å². The average Bonchev–Trinajstić information content (AvgIpc) is 2.85. The lowest BCUT2D eigenvalue weighted by Gasteiger charge is -2.45. The van der Waals surface area contributed by atoms with Crippen LogP contribution in [0.3, 0.4) is 0 Å². The normalized spacial score (nSPS) is 24.9. The SMILES string of the molecule is CCCC1(CCC)CCC2(CCN(CCC#N)C2)CC1. The molecule has 20 heavy (non-hydrogen) atoms. The van der Waals surface area contributed by atoms with Gasteiger partial charge in [-0.25, -0.2) is 0 Å². The van der Waals surface area contributed by atoms with Crippen LogP contribution >= 0.6 is 0 Å². The Morgan fingerprint density at radius 3 is 2.20 bits per heavy atom. The predicted molar refractivity (Wildman–Crippen MR) is 84.4 cm³/mol. The van der Waals surface area contributed by atoms with Gasteiger partial charge in [-0.15, -0.1) is 0 Å². The van der Waals surface area contributed by atoms with Gasteiger partial charge in [0.25, 0.3) is 0 Å². The molecule has 0 aromatic rings. The third-order valence-corrected chi connectivity index (χ3v) is 5.99. The van der Waals surface area contributed by atoms with E-state index in [1.807, 2.05) is 0 Å². The number of hydrogen-bond donors (Lipinski definition) is 0. The van der Waals surface area contributed by atoms with Gasteiger partial charge in [0, 0.05) is 19.5 Å². The van der Waals surface area contributed by atoms with Gasteiger partial charge in [0.05, 0.1) is 6.07 Å². The highest BCUT2D eigenvalue weighted by Crippen LogP contribution is 2.53. The van der Waals surface area contributed by atoms with Crippen molar-refractivity contribution in [2.75, 3.05) is 19.6 Å². The lowest BCUT2D eigenvalue weighted by atomic mass is 9.60. The number of likely N-dealkylation sites (tertiary alicyclic amines) is 1. The second kappa shape index (κ2) is 6.94. The fourth-order valence-corrected chi connectivity index (χ4v) is 4.83. The zero-order valence-corrected chi connectivity index (χ0v) is 13.6. The minimum absolute atomic E-state index is 0.612. The van der Waals surface area contributed by atoms with Crippen LogP contribution < -0.4 is 0 Å². The Kier molecular flexibility index (Phi) is 5.49. The van der Waals surface area contributed by atoms with E-state index in [0.717, 1.165) is 6.54 Å². The third kappa shape index (κ3) is 3.55. The van der Waals surface area contributed by atoms with Gasteiger partial charge in [-0.2, -0.15) is 5.26 Å². The molecule has 0 N–H and O–H groups in total. The summed E-state index contributed by atoms with van der Waals surface area (Å²) in [5, 5.41) is 8.74. The third-order valence-electron chi connectivity index (χ3n) is 5.99. The number of hydrogen-bond acceptors (Lipinski definition) is 2. The van der Waals surface area contributed by atoms with Crippen molar-refractivity contribution >= 4 is 0 Å². The van der Waals surface area contributed by atoms with E-state index in [1.165, 1.54) is 70.9 Å². The standard InChI is InChI=1S/C18H32N2/c1-3-6-17(7-4-2)8-10-18(11-9-17)12-15-20(16-18)14-5-13-19/h3-12,14-16H2,1-2H3. The highest BCUT2D eigenvalue weighted by Gasteiger charge is 2.44. The number of rotatable bonds is 6. The van der Waals surface area contributed by atoms with E-state index in [0.29, 0.717) is 17.3 Å². The van der Waals surface area contributed by atoms with Crippen molar-refractivity contribution in [3.05, 3.63) is 0 Å². The van der Waals surface area contributed by atoms with Crippen LogP contribution in [0.4, 0.5) is 0 Å². The molecule has 0 aromatic heterocycles. The van der Waals surface area contributed by atoms with Crippen LogP contribution in [-0.4, -0.2) is 24.5 Å². The summed E-state index contributed by atoms with van der Waals surface area (Å²) >= 11 is 0. The molecule has 0 unspecified atom stereocenters. The zero-order chi connectivity index (χ0) is 14.5. The molecular weight excluding hydrogens is 244 g/mol. The monoisotopic (exact) mass is 276 g/mol. The molecule has 0 bridgehead atoms. The summed E-state index contributed by atoms with van der Waals surface area (Å²) in [5.74, 6) is 0. The highest BCUT2D eigenvalue weighted by molar-refractivity contribution is 4.97. The molecule has 1 spiro atoms. The summed E-state index contributed by atoms with van der Waals surface area (Å²) in [7, 11) is 0. The van der Waals surface area contributed by atoms with Gasteiger partial charge >= 0.3 is 0 Å². The smallest absolute Gasteiger partial charge is 0.0635 e. The van der Waals surface area contributed by atoms with Crippen molar-refractivity contribution in [1.82, 2.24) is 4.90 Å². The molecule has 0 radical (unpaired) electrons. The van der Waals surface area contributed by atoms with Gasteiger partial charge in [-0.1, -0.05) is 26.7 Å². The average molecular weight is 276 g/mol. The first-order valence-corrected chi connectivity index (χ1v) is 8.77. The molecule has 0 aromatic carbocycles. The van der Waals surface area contributed by atoms with Gasteiger partial charge in [0.1, 0.15) is 0 Å². The van der Waals surface area contributed by atoms with Crippen molar-refractivity contribution in [3.8, 4) is 6.07 Å². The van der Waals surface area contributed by atoms with E-state index in [1.54, 1.807) is 0 Å². The molecule has 1 heterocycles. The van der Waals surface area contributed by atoms with Gasteiger partial charge in [0.15, 0.2) is 0 Å². The lowest BCUT2D eigenvalue weighted by Crippen LogP contribution is -2.36. The van der Waals surface area contributed by atoms with Crippen molar-refractivity contribution < 1.29 is 0 Å². The van der Waals surface area contributed by atoms with Gasteiger partial charge in [0.2, 0.25) is 0 Å². The number of nitrogens with zero attached hydrogens (tertiary/aromatic N) is 2. The molecule has 0 atom stereocenters. The van der Waals surface area contributed by atoms with Crippen molar-refractivity contribution in [3.63, 3.8) is 0 Å². The van der Waals surface area contributed by atoms with E-state index < -0.39 is 0 Å². The zero-order valence-electron chi connectivity index (χ0n) is 13.6. The molecule has 2 nitrogen and oxygen atoms in total. The summed E-state index contributed by atoms with van der Waals surface area (Å²) in [4.78, 5) is 2.54. The molecule has 2 rings (SSSR count). The van der Waals surface area contributed by atoms with Crippen LogP contribution in [0.25, 0.3) is 0 Å². The maximum absolute atomic E-state index is 8.74. The Morgan fingerprint density at radius 2 is 1.65 bits per heavy atom. The lowest BCUT2D eigenvalue weighted by molar-refractivity contribution is 0.0649. The minimum atomic E-state index is 0.612. The first-order valence-electron chi connectivity index (χ1n) is 8.77. The highest BCUT2D eigenvalue weighted by atomic mass is 15.2. The van der Waals surface area contributed by atoms with Crippen molar-refractivity contribution in [1.29, 1.82) is 5.26 Å². The van der Waals surface area contributed by atoms with Crippen molar-refractivity contribution in [2.24, 2.45) is 10.8 Å². The van der Waals surface area contributed by atoms with E-state index in [4.69, 9.17) is 5.26 Å². The van der Waals surface area contributed by atoms with Crippen LogP contribution in [0, 0.1) is 22.2 Å². The largest absolute Gasteiger partial charge is 0.302 e. The summed E-state index contributed by atoms with van der Waals surface area (Å²) in [6.07, 6.45) is 13.5. The molecule has 2 fully saturated rings. The predicted octanol–water partition coefficient (Wildman–Crippen LogP) is 4.75. The van der Waals surface area contributed by atoms with Gasteiger partial charge in [-0.3, -0.25) is 0 Å². The minimum Gasteiger partial charge on any atom is -0.302 e. The topological polar surface area (TPSA) is 27.0 Å². The van der Waals surface area contributed by atoms with E-state index in [2.05, 4.69) is 24.8 Å². The Bertz CT molecular complexity index is 326. The summed E-state index contributed by atoms with van der Waals surface area (Å²) in [6.45, 7) is 8.19. The Balaban J connectivity index is 1.88. The second-order valence-corrected chi connectivity index (χ2v) is 7.43. The maximum Gasteiger partial charge on any atom is 0.0635 e.